The monoisotopic (exact) mass is 267 g/mol. The molecule has 0 aromatic carbocycles. The second-order valence-corrected chi connectivity index (χ2v) is 7.12. The van der Waals surface area contributed by atoms with Crippen LogP contribution >= 0.6 is 0 Å². The van der Waals surface area contributed by atoms with Crippen molar-refractivity contribution >= 4 is 0 Å². The maximum Gasteiger partial charge on any atom is 0.0806 e. The molecule has 0 unspecified atom stereocenters. The van der Waals surface area contributed by atoms with Gasteiger partial charge in [-0.1, -0.05) is 27.2 Å². The largest absolute Gasteiger partial charge is 0.374 e. The molecule has 2 nitrogen and oxygen atoms in total. The standard InChI is InChI=1S/C17H33NO/c1-4-5-12-19-17(13-18-16-6-7-16)10-8-15(9-11-17)14(2)3/h14-16,18H,4-13H2,1-3H3. The molecule has 2 fully saturated rings. The van der Waals surface area contributed by atoms with Crippen molar-refractivity contribution in [2.45, 2.75) is 83.8 Å². The smallest absolute Gasteiger partial charge is 0.0806 e. The first-order valence-electron chi connectivity index (χ1n) is 8.52. The third kappa shape index (κ3) is 4.75. The van der Waals surface area contributed by atoms with Crippen LogP contribution in [0.25, 0.3) is 0 Å². The van der Waals surface area contributed by atoms with E-state index in [9.17, 15) is 0 Å². The Labute approximate surface area is 119 Å². The van der Waals surface area contributed by atoms with E-state index in [2.05, 4.69) is 26.1 Å². The van der Waals surface area contributed by atoms with Crippen LogP contribution in [0.1, 0.15) is 72.1 Å². The molecule has 0 aliphatic heterocycles. The zero-order chi connectivity index (χ0) is 13.7. The van der Waals surface area contributed by atoms with Gasteiger partial charge in [-0.15, -0.1) is 0 Å². The molecule has 0 radical (unpaired) electrons. The number of rotatable bonds is 8. The van der Waals surface area contributed by atoms with E-state index >= 15 is 0 Å². The van der Waals surface area contributed by atoms with Crippen molar-refractivity contribution in [1.82, 2.24) is 5.32 Å². The molecule has 0 aromatic heterocycles. The quantitative estimate of drug-likeness (QED) is 0.667. The molecule has 0 saturated heterocycles. The van der Waals surface area contributed by atoms with Crippen molar-refractivity contribution in [2.24, 2.45) is 11.8 Å². The molecule has 0 amide bonds. The first kappa shape index (κ1) is 15.3. The zero-order valence-electron chi connectivity index (χ0n) is 13.2. The van der Waals surface area contributed by atoms with E-state index < -0.39 is 0 Å². The Balaban J connectivity index is 1.82. The first-order chi connectivity index (χ1) is 9.15. The number of hydrogen-bond donors (Lipinski definition) is 1. The topological polar surface area (TPSA) is 21.3 Å². The van der Waals surface area contributed by atoms with Gasteiger partial charge in [0.05, 0.1) is 5.60 Å². The Hall–Kier alpha value is -0.0800. The fourth-order valence-corrected chi connectivity index (χ4v) is 3.26. The van der Waals surface area contributed by atoms with Crippen molar-refractivity contribution in [2.75, 3.05) is 13.2 Å². The Kier molecular flexibility index (Phi) is 5.70. The average molecular weight is 267 g/mol. The van der Waals surface area contributed by atoms with Gasteiger partial charge in [-0.05, 0) is 56.8 Å². The van der Waals surface area contributed by atoms with Gasteiger partial charge in [0.25, 0.3) is 0 Å². The summed E-state index contributed by atoms with van der Waals surface area (Å²) in [5, 5.41) is 3.71. The Bertz CT molecular complexity index is 252. The summed E-state index contributed by atoms with van der Waals surface area (Å²) in [7, 11) is 0. The van der Waals surface area contributed by atoms with Crippen molar-refractivity contribution in [3.05, 3.63) is 0 Å². The van der Waals surface area contributed by atoms with Crippen LogP contribution in [0.15, 0.2) is 0 Å². The normalized spacial score (nSPS) is 31.9. The SMILES string of the molecule is CCCCOC1(CNC2CC2)CCC(C(C)C)CC1. The molecule has 0 bridgehead atoms. The summed E-state index contributed by atoms with van der Waals surface area (Å²) in [6, 6.07) is 0.800. The maximum atomic E-state index is 6.35. The minimum atomic E-state index is 0.156. The molecule has 0 heterocycles. The van der Waals surface area contributed by atoms with Crippen LogP contribution in [0.2, 0.25) is 0 Å². The lowest BCUT2D eigenvalue weighted by atomic mass is 9.74. The van der Waals surface area contributed by atoms with Crippen molar-refractivity contribution in [1.29, 1.82) is 0 Å². The van der Waals surface area contributed by atoms with Gasteiger partial charge in [0.2, 0.25) is 0 Å². The predicted molar refractivity (Wildman–Crippen MR) is 81.4 cm³/mol. The second kappa shape index (κ2) is 7.08. The molecular weight excluding hydrogens is 234 g/mol. The summed E-state index contributed by atoms with van der Waals surface area (Å²) in [4.78, 5) is 0. The Morgan fingerprint density at radius 1 is 1.16 bits per heavy atom. The molecule has 2 aliphatic rings. The van der Waals surface area contributed by atoms with Gasteiger partial charge >= 0.3 is 0 Å². The Morgan fingerprint density at radius 3 is 2.37 bits per heavy atom. The van der Waals surface area contributed by atoms with Gasteiger partial charge in [0.15, 0.2) is 0 Å². The summed E-state index contributed by atoms with van der Waals surface area (Å²) >= 11 is 0. The van der Waals surface area contributed by atoms with Crippen LogP contribution in [0.3, 0.4) is 0 Å². The highest BCUT2D eigenvalue weighted by Crippen LogP contribution is 2.38. The highest BCUT2D eigenvalue weighted by molar-refractivity contribution is 4.93. The average Bonchev–Trinajstić information content (AvgIpc) is 3.21. The lowest BCUT2D eigenvalue weighted by Crippen LogP contribution is -2.47. The number of hydrogen-bond acceptors (Lipinski definition) is 2. The molecular formula is C17H33NO. The zero-order valence-corrected chi connectivity index (χ0v) is 13.2. The predicted octanol–water partition coefficient (Wildman–Crippen LogP) is 4.14. The number of ether oxygens (including phenoxy) is 1. The van der Waals surface area contributed by atoms with Crippen LogP contribution in [0.5, 0.6) is 0 Å². The summed E-state index contributed by atoms with van der Waals surface area (Å²) in [6.45, 7) is 9.03. The molecule has 0 aromatic rings. The minimum absolute atomic E-state index is 0.156. The van der Waals surface area contributed by atoms with E-state index in [1.165, 1.54) is 51.4 Å². The third-order valence-corrected chi connectivity index (χ3v) is 5.08. The van der Waals surface area contributed by atoms with Crippen LogP contribution in [-0.4, -0.2) is 24.8 Å². The van der Waals surface area contributed by atoms with Crippen molar-refractivity contribution in [3.63, 3.8) is 0 Å². The number of nitrogens with one attached hydrogen (secondary N) is 1. The third-order valence-electron chi connectivity index (χ3n) is 5.08. The summed E-state index contributed by atoms with van der Waals surface area (Å²) in [5.41, 5.74) is 0.156. The molecule has 112 valence electrons. The van der Waals surface area contributed by atoms with Crippen LogP contribution in [0, 0.1) is 11.8 Å². The number of unbranched alkanes of at least 4 members (excludes halogenated alkanes) is 1. The van der Waals surface area contributed by atoms with Crippen molar-refractivity contribution in [3.8, 4) is 0 Å². The highest BCUT2D eigenvalue weighted by atomic mass is 16.5. The molecule has 19 heavy (non-hydrogen) atoms. The van der Waals surface area contributed by atoms with Crippen molar-refractivity contribution < 1.29 is 4.74 Å². The van der Waals surface area contributed by atoms with Gasteiger partial charge in [0.1, 0.15) is 0 Å². The fraction of sp³-hybridized carbons (Fsp3) is 1.00. The van der Waals surface area contributed by atoms with Crippen LogP contribution in [0.4, 0.5) is 0 Å². The minimum Gasteiger partial charge on any atom is -0.374 e. The van der Waals surface area contributed by atoms with E-state index in [-0.39, 0.29) is 5.60 Å². The van der Waals surface area contributed by atoms with E-state index in [1.54, 1.807) is 0 Å². The van der Waals surface area contributed by atoms with Gasteiger partial charge in [0, 0.05) is 19.2 Å². The van der Waals surface area contributed by atoms with Gasteiger partial charge in [-0.25, -0.2) is 0 Å². The maximum absolute atomic E-state index is 6.35. The van der Waals surface area contributed by atoms with Gasteiger partial charge in [-0.2, -0.15) is 0 Å². The van der Waals surface area contributed by atoms with Crippen LogP contribution < -0.4 is 5.32 Å². The van der Waals surface area contributed by atoms with E-state index in [4.69, 9.17) is 4.74 Å². The highest BCUT2D eigenvalue weighted by Gasteiger charge is 2.38. The first-order valence-corrected chi connectivity index (χ1v) is 8.52. The molecule has 1 N–H and O–H groups in total. The van der Waals surface area contributed by atoms with Gasteiger partial charge in [-0.3, -0.25) is 0 Å². The van der Waals surface area contributed by atoms with E-state index in [1.807, 2.05) is 0 Å². The molecule has 0 spiro atoms. The molecule has 2 saturated carbocycles. The Morgan fingerprint density at radius 2 is 1.84 bits per heavy atom. The van der Waals surface area contributed by atoms with E-state index in [0.717, 1.165) is 31.0 Å². The van der Waals surface area contributed by atoms with Gasteiger partial charge < -0.3 is 10.1 Å². The lowest BCUT2D eigenvalue weighted by Gasteiger charge is -2.41. The fourth-order valence-electron chi connectivity index (χ4n) is 3.26. The lowest BCUT2D eigenvalue weighted by molar-refractivity contribution is -0.0804. The molecule has 2 heteroatoms. The molecule has 0 atom stereocenters. The van der Waals surface area contributed by atoms with E-state index in [0.29, 0.717) is 0 Å². The van der Waals surface area contributed by atoms with Crippen LogP contribution in [-0.2, 0) is 4.74 Å². The molecule has 2 rings (SSSR count). The second-order valence-electron chi connectivity index (χ2n) is 7.12. The summed E-state index contributed by atoms with van der Waals surface area (Å²) in [5.74, 6) is 1.76. The summed E-state index contributed by atoms with van der Waals surface area (Å²) < 4.78 is 6.35. The molecule has 2 aliphatic carbocycles. The summed E-state index contributed by atoms with van der Waals surface area (Å²) in [6.07, 6.45) is 10.4.